The molecule has 0 bridgehead atoms. The van der Waals surface area contributed by atoms with Crippen molar-refractivity contribution in [3.8, 4) is 0 Å². The van der Waals surface area contributed by atoms with Crippen LogP contribution in [0.2, 0.25) is 0 Å². The van der Waals surface area contributed by atoms with E-state index >= 15 is 0 Å². The van der Waals surface area contributed by atoms with E-state index in [2.05, 4.69) is 10.3 Å². The smallest absolute Gasteiger partial charge is 0.254 e. The molecule has 112 valence electrons. The number of aromatic nitrogens is 2. The van der Waals surface area contributed by atoms with Gasteiger partial charge in [-0.25, -0.2) is 18.2 Å². The van der Waals surface area contributed by atoms with Gasteiger partial charge >= 0.3 is 0 Å². The van der Waals surface area contributed by atoms with Crippen molar-refractivity contribution in [2.45, 2.75) is 6.54 Å². The zero-order valence-electron chi connectivity index (χ0n) is 11.2. The molecule has 3 rings (SSSR count). The van der Waals surface area contributed by atoms with Gasteiger partial charge in [0.25, 0.3) is 5.91 Å². The third kappa shape index (κ3) is 2.52. The fraction of sp³-hybridized carbons (Fsp3) is 0.0667. The molecule has 0 radical (unpaired) electrons. The van der Waals surface area contributed by atoms with E-state index in [9.17, 15) is 18.0 Å². The Morgan fingerprint density at radius 3 is 2.73 bits per heavy atom. The van der Waals surface area contributed by atoms with Gasteiger partial charge in [-0.1, -0.05) is 6.07 Å². The number of carbonyl (C=O) groups is 1. The number of nitrogens with one attached hydrogen (secondary N) is 1. The SMILES string of the molecule is O=C(NCc1cn2ccccc2n1)c1ccc(F)c(F)c1F. The average molecular weight is 305 g/mol. The number of rotatable bonds is 3. The first-order chi connectivity index (χ1) is 10.6. The largest absolute Gasteiger partial charge is 0.346 e. The Kier molecular flexibility index (Phi) is 3.54. The number of amides is 1. The van der Waals surface area contributed by atoms with E-state index in [4.69, 9.17) is 0 Å². The second-order valence-electron chi connectivity index (χ2n) is 4.60. The molecule has 0 fully saturated rings. The van der Waals surface area contributed by atoms with E-state index in [0.29, 0.717) is 17.4 Å². The van der Waals surface area contributed by atoms with Gasteiger partial charge in [-0.2, -0.15) is 0 Å². The van der Waals surface area contributed by atoms with Crippen molar-refractivity contribution in [3.05, 3.63) is 71.4 Å². The minimum Gasteiger partial charge on any atom is -0.346 e. The third-order valence-electron chi connectivity index (χ3n) is 3.12. The van der Waals surface area contributed by atoms with Crippen molar-refractivity contribution in [3.63, 3.8) is 0 Å². The lowest BCUT2D eigenvalue weighted by atomic mass is 10.2. The minimum atomic E-state index is -1.67. The quantitative estimate of drug-likeness (QED) is 0.756. The van der Waals surface area contributed by atoms with Crippen LogP contribution in [0.3, 0.4) is 0 Å². The van der Waals surface area contributed by atoms with Crippen molar-refractivity contribution in [1.29, 1.82) is 0 Å². The molecule has 2 aromatic heterocycles. The lowest BCUT2D eigenvalue weighted by Gasteiger charge is -2.05. The summed E-state index contributed by atoms with van der Waals surface area (Å²) in [7, 11) is 0. The van der Waals surface area contributed by atoms with Crippen LogP contribution in [0.15, 0.2) is 42.7 Å². The number of carbonyl (C=O) groups excluding carboxylic acids is 1. The number of halogens is 3. The van der Waals surface area contributed by atoms with Crippen LogP contribution in [0.5, 0.6) is 0 Å². The molecule has 0 saturated heterocycles. The molecule has 0 saturated carbocycles. The van der Waals surface area contributed by atoms with Gasteiger partial charge in [-0.05, 0) is 24.3 Å². The first-order valence-corrected chi connectivity index (χ1v) is 6.40. The number of nitrogens with zero attached hydrogens (tertiary/aromatic N) is 2. The summed E-state index contributed by atoms with van der Waals surface area (Å²) >= 11 is 0. The van der Waals surface area contributed by atoms with Crippen LogP contribution in [0.1, 0.15) is 16.1 Å². The second kappa shape index (κ2) is 5.51. The third-order valence-corrected chi connectivity index (χ3v) is 3.12. The van der Waals surface area contributed by atoms with Crippen LogP contribution in [-0.4, -0.2) is 15.3 Å². The van der Waals surface area contributed by atoms with Gasteiger partial charge in [0.1, 0.15) is 5.65 Å². The lowest BCUT2D eigenvalue weighted by Crippen LogP contribution is -2.24. The molecule has 3 aromatic rings. The van der Waals surface area contributed by atoms with Crippen molar-refractivity contribution < 1.29 is 18.0 Å². The molecule has 1 N–H and O–H groups in total. The number of pyridine rings is 1. The normalized spacial score (nSPS) is 10.9. The van der Waals surface area contributed by atoms with Crippen LogP contribution in [0.25, 0.3) is 5.65 Å². The molecule has 4 nitrogen and oxygen atoms in total. The van der Waals surface area contributed by atoms with Gasteiger partial charge in [0.2, 0.25) is 0 Å². The number of fused-ring (bicyclic) bond motifs is 1. The molecule has 2 heterocycles. The lowest BCUT2D eigenvalue weighted by molar-refractivity contribution is 0.0945. The van der Waals surface area contributed by atoms with E-state index in [1.165, 1.54) is 0 Å². The zero-order chi connectivity index (χ0) is 15.7. The average Bonchev–Trinajstić information content (AvgIpc) is 2.93. The van der Waals surface area contributed by atoms with Crippen LogP contribution in [0.4, 0.5) is 13.2 Å². The Morgan fingerprint density at radius 2 is 1.95 bits per heavy atom. The topological polar surface area (TPSA) is 46.4 Å². The first kappa shape index (κ1) is 14.1. The molecular formula is C15H10F3N3O. The maximum atomic E-state index is 13.5. The fourth-order valence-corrected chi connectivity index (χ4v) is 2.04. The summed E-state index contributed by atoms with van der Waals surface area (Å²) < 4.78 is 41.2. The number of hydrogen-bond donors (Lipinski definition) is 1. The van der Waals surface area contributed by atoms with Gasteiger partial charge in [-0.3, -0.25) is 4.79 Å². The molecule has 0 atom stereocenters. The first-order valence-electron chi connectivity index (χ1n) is 6.40. The van der Waals surface area contributed by atoms with Gasteiger partial charge in [0.15, 0.2) is 17.5 Å². The van der Waals surface area contributed by atoms with Crippen molar-refractivity contribution in [1.82, 2.24) is 14.7 Å². The summed E-state index contributed by atoms with van der Waals surface area (Å²) in [6, 6.07) is 7.04. The van der Waals surface area contributed by atoms with E-state index in [-0.39, 0.29) is 6.54 Å². The maximum Gasteiger partial charge on any atom is 0.254 e. The molecule has 0 aliphatic carbocycles. The van der Waals surface area contributed by atoms with Crippen molar-refractivity contribution in [2.75, 3.05) is 0 Å². The van der Waals surface area contributed by atoms with E-state index < -0.39 is 28.9 Å². The number of hydrogen-bond acceptors (Lipinski definition) is 2. The summed E-state index contributed by atoms with van der Waals surface area (Å²) in [6.07, 6.45) is 3.50. The Labute approximate surface area is 123 Å². The van der Waals surface area contributed by atoms with Crippen molar-refractivity contribution >= 4 is 11.6 Å². The zero-order valence-corrected chi connectivity index (χ0v) is 11.2. The maximum absolute atomic E-state index is 13.5. The van der Waals surface area contributed by atoms with E-state index in [1.54, 1.807) is 22.9 Å². The van der Waals surface area contributed by atoms with Gasteiger partial charge < -0.3 is 9.72 Å². The van der Waals surface area contributed by atoms with E-state index in [1.807, 2.05) is 12.1 Å². The monoisotopic (exact) mass is 305 g/mol. The van der Waals surface area contributed by atoms with Gasteiger partial charge in [0, 0.05) is 12.4 Å². The second-order valence-corrected chi connectivity index (χ2v) is 4.60. The van der Waals surface area contributed by atoms with Crippen LogP contribution in [0, 0.1) is 17.5 Å². The summed E-state index contributed by atoms with van der Waals surface area (Å²) in [5.74, 6) is -5.35. The number of benzene rings is 1. The highest BCUT2D eigenvalue weighted by molar-refractivity contribution is 5.94. The Hall–Kier alpha value is -2.83. The fourth-order valence-electron chi connectivity index (χ4n) is 2.04. The molecule has 0 aliphatic heterocycles. The molecule has 0 aliphatic rings. The molecular weight excluding hydrogens is 295 g/mol. The Balaban J connectivity index is 1.76. The minimum absolute atomic E-state index is 0.0406. The Morgan fingerprint density at radius 1 is 1.14 bits per heavy atom. The van der Waals surface area contributed by atoms with Crippen LogP contribution >= 0.6 is 0 Å². The molecule has 0 unspecified atom stereocenters. The summed E-state index contributed by atoms with van der Waals surface area (Å²) in [5.41, 5.74) is 0.705. The standard InChI is InChI=1S/C15H10F3N3O/c16-11-5-4-10(13(17)14(11)18)15(22)19-7-9-8-21-6-2-1-3-12(21)20-9/h1-6,8H,7H2,(H,19,22). The summed E-state index contributed by atoms with van der Waals surface area (Å²) in [6.45, 7) is 0.0406. The van der Waals surface area contributed by atoms with Gasteiger partial charge in [-0.15, -0.1) is 0 Å². The van der Waals surface area contributed by atoms with E-state index in [0.717, 1.165) is 6.07 Å². The van der Waals surface area contributed by atoms with Crippen LogP contribution < -0.4 is 5.32 Å². The summed E-state index contributed by atoms with van der Waals surface area (Å²) in [5, 5.41) is 2.42. The highest BCUT2D eigenvalue weighted by Crippen LogP contribution is 2.15. The number of imidazole rings is 1. The highest BCUT2D eigenvalue weighted by atomic mass is 19.2. The Bertz CT molecular complexity index is 827. The molecule has 1 amide bonds. The van der Waals surface area contributed by atoms with Gasteiger partial charge in [0.05, 0.1) is 17.8 Å². The molecule has 0 spiro atoms. The molecule has 1 aromatic carbocycles. The predicted octanol–water partition coefficient (Wildman–Crippen LogP) is 2.68. The molecule has 22 heavy (non-hydrogen) atoms. The molecule has 7 heteroatoms. The van der Waals surface area contributed by atoms with Crippen LogP contribution in [-0.2, 0) is 6.54 Å². The highest BCUT2D eigenvalue weighted by Gasteiger charge is 2.18. The predicted molar refractivity (Wildman–Crippen MR) is 72.7 cm³/mol. The summed E-state index contributed by atoms with van der Waals surface area (Å²) in [4.78, 5) is 16.1. The van der Waals surface area contributed by atoms with Crippen molar-refractivity contribution in [2.24, 2.45) is 0 Å².